The van der Waals surface area contributed by atoms with Crippen molar-refractivity contribution in [2.75, 3.05) is 0 Å². The van der Waals surface area contributed by atoms with E-state index in [1.54, 1.807) is 0 Å². The summed E-state index contributed by atoms with van der Waals surface area (Å²) < 4.78 is 8.28. The van der Waals surface area contributed by atoms with E-state index < -0.39 is 12.9 Å². The second-order valence-electron chi connectivity index (χ2n) is 7.20. The molecule has 0 saturated carbocycles. The van der Waals surface area contributed by atoms with Crippen LogP contribution in [0, 0.1) is 47.8 Å². The van der Waals surface area contributed by atoms with Gasteiger partial charge in [0.05, 0.1) is 7.32 Å². The first-order valence-electron chi connectivity index (χ1n) is 10.9. The van der Waals surface area contributed by atoms with Crippen molar-refractivity contribution < 1.29 is 23.8 Å². The van der Waals surface area contributed by atoms with Gasteiger partial charge in [-0.3, -0.25) is 0 Å². The van der Waals surface area contributed by atoms with Crippen LogP contribution < -0.4 is 19.2 Å². The highest BCUT2D eigenvalue weighted by Crippen LogP contribution is 2.05. The van der Waals surface area contributed by atoms with E-state index in [2.05, 4.69) is 90.3 Å². The second-order valence-corrected chi connectivity index (χ2v) is 7.20. The Morgan fingerprint density at radius 1 is 0.818 bits per heavy atom. The normalized spacial score (nSPS) is 9.67. The summed E-state index contributed by atoms with van der Waals surface area (Å²) in [5, 5.41) is 44.0. The van der Waals surface area contributed by atoms with Crippen molar-refractivity contribution in [3.05, 3.63) is 60.2 Å². The van der Waals surface area contributed by atoms with E-state index in [-0.39, 0.29) is 0 Å². The minimum atomic E-state index is -2.81. The van der Waals surface area contributed by atoms with Gasteiger partial charge < -0.3 is 14.7 Å². The van der Waals surface area contributed by atoms with Crippen molar-refractivity contribution in [3.63, 3.8) is 0 Å². The zero-order chi connectivity index (χ0) is 25.1. The average Bonchev–Trinajstić information content (AvgIpc) is 2.82. The third-order valence-electron chi connectivity index (χ3n) is 4.59. The number of aromatic nitrogens is 2. The quantitative estimate of drug-likeness (QED) is 0.439. The second kappa shape index (κ2) is 17.3. The van der Waals surface area contributed by atoms with Gasteiger partial charge in [-0.2, -0.15) is 15.8 Å². The third-order valence-corrected chi connectivity index (χ3v) is 4.59. The summed E-state index contributed by atoms with van der Waals surface area (Å²) in [4.78, 5) is 0. The summed E-state index contributed by atoms with van der Waals surface area (Å²) in [6.45, 7) is 11.1. The van der Waals surface area contributed by atoms with E-state index in [0.29, 0.717) is 0 Å². The summed E-state index contributed by atoms with van der Waals surface area (Å²) in [7, 11) is -2.81. The van der Waals surface area contributed by atoms with Crippen LogP contribution in [0.15, 0.2) is 48.8 Å². The van der Waals surface area contributed by atoms with Crippen LogP contribution in [0.1, 0.15) is 50.9 Å². The number of nitrogens with zero attached hydrogens (tertiary/aromatic N) is 5. The molecule has 0 N–H and O–H groups in total. The van der Waals surface area contributed by atoms with Gasteiger partial charge in [-0.25, -0.2) is 9.13 Å². The monoisotopic (exact) mass is 449 g/mol. The van der Waals surface area contributed by atoms with Gasteiger partial charge in [0, 0.05) is 51.0 Å². The van der Waals surface area contributed by atoms with Gasteiger partial charge in [0.25, 0.3) is 0 Å². The summed E-state index contributed by atoms with van der Waals surface area (Å²) in [5.41, 5.74) is 0.135. The molecule has 0 aliphatic heterocycles. The van der Waals surface area contributed by atoms with Crippen molar-refractivity contribution in [2.24, 2.45) is 0 Å². The van der Waals surface area contributed by atoms with Crippen molar-refractivity contribution in [3.8, 4) is 18.2 Å². The Morgan fingerprint density at radius 3 is 1.45 bits per heavy atom. The number of nitriles is 3. The summed E-state index contributed by atoms with van der Waals surface area (Å²) in [6.07, 6.45) is 9.36. The van der Waals surface area contributed by atoms with Gasteiger partial charge in [0.2, 0.25) is 0 Å². The Labute approximate surface area is 197 Å². The molecule has 9 heteroatoms. The molecule has 2 heterocycles. The Morgan fingerprint density at radius 2 is 1.21 bits per heavy atom. The van der Waals surface area contributed by atoms with E-state index in [0.717, 1.165) is 31.3 Å². The van der Waals surface area contributed by atoms with Crippen LogP contribution in [0.5, 0.6) is 0 Å². The van der Waals surface area contributed by atoms with E-state index >= 15 is 0 Å². The predicted octanol–water partition coefficient (Wildman–Crippen LogP) is 1.18. The van der Waals surface area contributed by atoms with Crippen molar-refractivity contribution >= 4 is 7.32 Å². The van der Waals surface area contributed by atoms with E-state index in [1.165, 1.54) is 37.1 Å². The van der Waals surface area contributed by atoms with E-state index in [4.69, 9.17) is 15.8 Å². The zero-order valence-electron chi connectivity index (χ0n) is 19.9. The molecule has 0 amide bonds. The standard InChI is InChI=1S/2C10H16N.C4BN3O3/c2*1-3-4-8-11-9-6-5-7-10(11)2;6-1-4(2-7,3-8)11-5(9)10/h2*5-7,9H,3-4,8H2,1-2H3;/q2*+1;-2. The maximum atomic E-state index is 9.79. The van der Waals surface area contributed by atoms with E-state index in [9.17, 15) is 10.0 Å². The highest BCUT2D eigenvalue weighted by molar-refractivity contribution is 6.28. The topological polar surface area (TPSA) is 134 Å². The van der Waals surface area contributed by atoms with E-state index in [1.807, 2.05) is 0 Å². The lowest BCUT2D eigenvalue weighted by Gasteiger charge is -2.29. The predicted molar refractivity (Wildman–Crippen MR) is 119 cm³/mol. The maximum absolute atomic E-state index is 9.79. The number of pyridine rings is 2. The van der Waals surface area contributed by atoms with Gasteiger partial charge in [-0.1, -0.05) is 38.8 Å². The number of unbranched alkanes of at least 4 members (excludes halogenated alkanes) is 2. The third kappa shape index (κ3) is 12.4. The molecule has 2 rings (SSSR count). The first kappa shape index (κ1) is 29.7. The lowest BCUT2D eigenvalue weighted by molar-refractivity contribution is -0.703. The molecular formula is C24H32BN5O3. The van der Waals surface area contributed by atoms with Gasteiger partial charge >= 0.3 is 5.60 Å². The molecule has 0 saturated heterocycles. The molecule has 174 valence electrons. The van der Waals surface area contributed by atoms with Gasteiger partial charge in [0.15, 0.2) is 23.8 Å². The van der Waals surface area contributed by atoms with Crippen LogP contribution in [0.2, 0.25) is 0 Å². The zero-order valence-corrected chi connectivity index (χ0v) is 19.9. The highest BCUT2D eigenvalue weighted by Gasteiger charge is 2.28. The number of hydrogen-bond acceptors (Lipinski definition) is 6. The fourth-order valence-corrected chi connectivity index (χ4v) is 2.58. The first-order valence-corrected chi connectivity index (χ1v) is 10.9. The van der Waals surface area contributed by atoms with Crippen LogP contribution in [0.3, 0.4) is 0 Å². The molecule has 2 aromatic heterocycles. The molecule has 0 aliphatic rings. The average molecular weight is 449 g/mol. The van der Waals surface area contributed by atoms with Crippen LogP contribution in [-0.2, 0) is 17.7 Å². The van der Waals surface area contributed by atoms with Crippen molar-refractivity contribution in [1.29, 1.82) is 15.8 Å². The molecule has 0 unspecified atom stereocenters. The summed E-state index contributed by atoms with van der Waals surface area (Å²) in [6, 6.07) is 15.9. The minimum absolute atomic E-state index is 1.10. The Hall–Kier alpha value is -3.29. The van der Waals surface area contributed by atoms with Crippen molar-refractivity contribution in [1.82, 2.24) is 0 Å². The molecule has 0 bridgehead atoms. The lowest BCUT2D eigenvalue weighted by Crippen LogP contribution is -2.53. The van der Waals surface area contributed by atoms with Gasteiger partial charge in [-0.05, 0) is 0 Å². The molecular weight excluding hydrogens is 417 g/mol. The molecule has 0 aromatic carbocycles. The Kier molecular flexibility index (Phi) is 15.6. The minimum Gasteiger partial charge on any atom is -0.871 e. The maximum Gasteiger partial charge on any atom is 0.313 e. The Balaban J connectivity index is 0.000000465. The number of hydrogen-bond donors (Lipinski definition) is 0. The molecule has 2 aromatic rings. The molecule has 0 atom stereocenters. The van der Waals surface area contributed by atoms with Gasteiger partial charge in [0.1, 0.15) is 31.3 Å². The Bertz CT molecular complexity index is 863. The van der Waals surface area contributed by atoms with Crippen LogP contribution in [-0.4, -0.2) is 12.9 Å². The smallest absolute Gasteiger partial charge is 0.313 e. The van der Waals surface area contributed by atoms with Crippen LogP contribution in [0.25, 0.3) is 0 Å². The molecule has 8 nitrogen and oxygen atoms in total. The molecule has 0 fully saturated rings. The summed E-state index contributed by atoms with van der Waals surface area (Å²) >= 11 is 0. The SMILES string of the molecule is CCCC[n+]1ccccc1C.CCCC[n+]1ccccc1C.N#CC(C#N)(C#N)OB([O-])[O-]. The van der Waals surface area contributed by atoms with Crippen molar-refractivity contribution in [2.45, 2.75) is 72.1 Å². The van der Waals surface area contributed by atoms with Gasteiger partial charge in [-0.15, -0.1) is 0 Å². The van der Waals surface area contributed by atoms with Crippen LogP contribution >= 0.6 is 0 Å². The highest BCUT2D eigenvalue weighted by atomic mass is 16.6. The lowest BCUT2D eigenvalue weighted by atomic mass is 10.1. The number of rotatable bonds is 8. The largest absolute Gasteiger partial charge is 0.871 e. The van der Waals surface area contributed by atoms with Crippen LogP contribution in [0.4, 0.5) is 0 Å². The summed E-state index contributed by atoms with van der Waals surface area (Å²) in [5.74, 6) is 0. The number of aryl methyl sites for hydroxylation is 4. The fraction of sp³-hybridized carbons (Fsp3) is 0.458. The first-order chi connectivity index (χ1) is 15.8. The fourth-order valence-electron chi connectivity index (χ4n) is 2.58. The molecule has 0 spiro atoms. The molecule has 0 aliphatic carbocycles. The molecule has 33 heavy (non-hydrogen) atoms. The molecule has 0 radical (unpaired) electrons.